The van der Waals surface area contributed by atoms with Gasteiger partial charge in [0, 0.05) is 36.3 Å². The molecule has 1 fully saturated rings. The van der Waals surface area contributed by atoms with Crippen LogP contribution in [0.4, 0.5) is 0 Å². The van der Waals surface area contributed by atoms with Crippen LogP contribution in [0.3, 0.4) is 0 Å². The zero-order valence-electron chi connectivity index (χ0n) is 14.1. The number of fused-ring (bicyclic) bond motifs is 1. The average Bonchev–Trinajstić information content (AvgIpc) is 3.18. The maximum atomic E-state index is 12.8. The van der Waals surface area contributed by atoms with E-state index >= 15 is 0 Å². The van der Waals surface area contributed by atoms with Crippen molar-refractivity contribution in [2.75, 3.05) is 13.7 Å². The molecule has 0 bridgehead atoms. The summed E-state index contributed by atoms with van der Waals surface area (Å²) in [5, 5.41) is 0.457. The van der Waals surface area contributed by atoms with Crippen LogP contribution in [0.2, 0.25) is 5.02 Å². The third-order valence-electron chi connectivity index (χ3n) is 4.67. The number of pyridine rings is 1. The van der Waals surface area contributed by atoms with E-state index in [4.69, 9.17) is 22.1 Å². The molecule has 4 heterocycles. The zero-order valence-corrected chi connectivity index (χ0v) is 16.5. The Morgan fingerprint density at radius 1 is 1.42 bits per heavy atom. The summed E-state index contributed by atoms with van der Waals surface area (Å²) >= 11 is 7.92. The predicted molar refractivity (Wildman–Crippen MR) is 102 cm³/mol. The molecule has 26 heavy (non-hydrogen) atoms. The van der Waals surface area contributed by atoms with Crippen LogP contribution in [0.25, 0.3) is 10.4 Å². The van der Waals surface area contributed by atoms with Crippen molar-refractivity contribution in [1.29, 1.82) is 0 Å². The van der Waals surface area contributed by atoms with Gasteiger partial charge in [-0.1, -0.05) is 11.6 Å². The van der Waals surface area contributed by atoms with E-state index in [1.165, 1.54) is 18.4 Å². The van der Waals surface area contributed by atoms with Crippen molar-refractivity contribution in [1.82, 2.24) is 9.29 Å². The molecule has 0 aliphatic carbocycles. The number of thiophene rings is 1. The van der Waals surface area contributed by atoms with E-state index in [0.717, 1.165) is 20.3 Å². The second kappa shape index (κ2) is 5.91. The minimum Gasteiger partial charge on any atom is -0.369 e. The van der Waals surface area contributed by atoms with E-state index in [1.54, 1.807) is 12.4 Å². The van der Waals surface area contributed by atoms with Crippen LogP contribution < -0.4 is 5.73 Å². The molecule has 2 aromatic rings. The summed E-state index contributed by atoms with van der Waals surface area (Å²) in [4.78, 5) is 10.3. The molecule has 10 heteroatoms. The minimum absolute atomic E-state index is 0.0602. The molecule has 2 aromatic heterocycles. The molecule has 2 N–H and O–H groups in total. The van der Waals surface area contributed by atoms with Gasteiger partial charge in [-0.3, -0.25) is 4.98 Å². The summed E-state index contributed by atoms with van der Waals surface area (Å²) in [6.45, 7) is 2.23. The van der Waals surface area contributed by atoms with Crippen LogP contribution in [0.5, 0.6) is 0 Å². The summed E-state index contributed by atoms with van der Waals surface area (Å²) in [5.41, 5.74) is 5.61. The second-order valence-corrected chi connectivity index (χ2v) is 9.86. The maximum absolute atomic E-state index is 12.8. The number of aromatic nitrogens is 1. The van der Waals surface area contributed by atoms with Crippen LogP contribution >= 0.6 is 22.9 Å². The van der Waals surface area contributed by atoms with E-state index in [2.05, 4.69) is 9.98 Å². The van der Waals surface area contributed by atoms with Gasteiger partial charge in [0.1, 0.15) is 5.54 Å². The molecule has 2 aliphatic rings. The van der Waals surface area contributed by atoms with Crippen LogP contribution in [-0.4, -0.2) is 42.8 Å². The number of halogens is 1. The summed E-state index contributed by atoms with van der Waals surface area (Å²) in [5.74, 6) is -0.0602. The average molecular weight is 413 g/mol. The highest BCUT2D eigenvalue weighted by atomic mass is 35.5. The van der Waals surface area contributed by atoms with E-state index in [9.17, 15) is 8.42 Å². The number of aryl methyl sites for hydroxylation is 1. The molecular formula is C16H17ClN4O3S2. The van der Waals surface area contributed by atoms with E-state index in [0.29, 0.717) is 16.3 Å². The minimum atomic E-state index is -3.78. The molecule has 7 nitrogen and oxygen atoms in total. The highest BCUT2D eigenvalue weighted by Crippen LogP contribution is 2.51. The number of hydrogen-bond donors (Lipinski definition) is 1. The number of rotatable bonds is 2. The number of ether oxygens (including phenoxy) is 1. The quantitative estimate of drug-likeness (QED) is 0.816. The molecule has 138 valence electrons. The number of guanidine groups is 1. The van der Waals surface area contributed by atoms with Gasteiger partial charge in [0.15, 0.2) is 0 Å². The summed E-state index contributed by atoms with van der Waals surface area (Å²) < 4.78 is 32.2. The fraction of sp³-hybridized carbons (Fsp3) is 0.375. The molecule has 4 rings (SSSR count). The fourth-order valence-electron chi connectivity index (χ4n) is 3.33. The normalized spacial score (nSPS) is 27.3. The Hall–Kier alpha value is -1.68. The standard InChI is InChI=1S/C16H17ClN4O3S2/c1-9-5-10(8-19-7-9)12-6-11(17)13(25-12)16-3-4-24-14(16)26(22,23)21(2)15(18)20-16/h5-8,14H,3-4H2,1-2H3,(H2,18,20)/t14?,16-/m1/s1. The molecule has 2 atom stereocenters. The lowest BCUT2D eigenvalue weighted by Crippen LogP contribution is -2.55. The Morgan fingerprint density at radius 3 is 2.92 bits per heavy atom. The van der Waals surface area contributed by atoms with Gasteiger partial charge in [-0.25, -0.2) is 17.7 Å². The van der Waals surface area contributed by atoms with Gasteiger partial charge < -0.3 is 10.5 Å². The van der Waals surface area contributed by atoms with Gasteiger partial charge in [0.25, 0.3) is 10.0 Å². The van der Waals surface area contributed by atoms with E-state index < -0.39 is 21.0 Å². The number of hydrogen-bond acceptors (Lipinski definition) is 7. The second-order valence-electron chi connectivity index (χ2n) is 6.40. The smallest absolute Gasteiger partial charge is 0.267 e. The van der Waals surface area contributed by atoms with Gasteiger partial charge in [-0.05, 0) is 24.6 Å². The highest BCUT2D eigenvalue weighted by molar-refractivity contribution is 7.90. The van der Waals surface area contributed by atoms with Gasteiger partial charge in [0.2, 0.25) is 11.4 Å². The fourth-order valence-corrected chi connectivity index (χ4v) is 6.71. The molecule has 0 spiro atoms. The van der Waals surface area contributed by atoms with Crippen molar-refractivity contribution in [3.8, 4) is 10.4 Å². The van der Waals surface area contributed by atoms with Crippen molar-refractivity contribution in [2.24, 2.45) is 10.7 Å². The molecule has 0 amide bonds. The molecule has 1 unspecified atom stereocenters. The van der Waals surface area contributed by atoms with Gasteiger partial charge in [0.05, 0.1) is 16.5 Å². The Morgan fingerprint density at radius 2 is 2.19 bits per heavy atom. The first kappa shape index (κ1) is 17.7. The molecular weight excluding hydrogens is 396 g/mol. The summed E-state index contributed by atoms with van der Waals surface area (Å²) in [7, 11) is -2.41. The highest BCUT2D eigenvalue weighted by Gasteiger charge is 2.58. The molecule has 2 aliphatic heterocycles. The SMILES string of the molecule is Cc1cncc(-c2cc(Cl)c([C@]34CCOC3S(=O)(=O)N(C)C(N)=N4)s2)c1. The largest absolute Gasteiger partial charge is 0.369 e. The first-order valence-corrected chi connectivity index (χ1v) is 10.6. The molecule has 1 saturated heterocycles. The molecule has 0 radical (unpaired) electrons. The van der Waals surface area contributed by atoms with Crippen LogP contribution in [0.15, 0.2) is 29.5 Å². The maximum Gasteiger partial charge on any atom is 0.267 e. The number of aliphatic imine (C=N–C) groups is 1. The van der Waals surface area contributed by atoms with Crippen LogP contribution in [0, 0.1) is 6.92 Å². The lowest BCUT2D eigenvalue weighted by molar-refractivity contribution is 0.135. The molecule has 0 aromatic carbocycles. The van der Waals surface area contributed by atoms with E-state index in [1.807, 2.05) is 19.1 Å². The predicted octanol–water partition coefficient (Wildman–Crippen LogP) is 2.30. The Kier molecular flexibility index (Phi) is 4.03. The van der Waals surface area contributed by atoms with E-state index in [-0.39, 0.29) is 12.6 Å². The lowest BCUT2D eigenvalue weighted by Gasteiger charge is -2.37. The number of nitrogens with zero attached hydrogens (tertiary/aromatic N) is 3. The summed E-state index contributed by atoms with van der Waals surface area (Å²) in [6, 6.07) is 3.82. The van der Waals surface area contributed by atoms with Crippen LogP contribution in [0.1, 0.15) is 16.9 Å². The first-order valence-electron chi connectivity index (χ1n) is 7.92. The number of sulfonamides is 1. The Labute approximate surface area is 160 Å². The molecule has 0 saturated carbocycles. The van der Waals surface area contributed by atoms with Crippen molar-refractivity contribution >= 4 is 38.9 Å². The zero-order chi connectivity index (χ0) is 18.7. The van der Waals surface area contributed by atoms with Gasteiger partial charge in [-0.2, -0.15) is 0 Å². The van der Waals surface area contributed by atoms with Crippen molar-refractivity contribution in [2.45, 2.75) is 24.3 Å². The van der Waals surface area contributed by atoms with Crippen LogP contribution in [-0.2, 0) is 20.3 Å². The van der Waals surface area contributed by atoms with Crippen molar-refractivity contribution in [3.63, 3.8) is 0 Å². The first-order chi connectivity index (χ1) is 12.3. The monoisotopic (exact) mass is 412 g/mol. The number of nitrogens with two attached hydrogens (primary N) is 1. The third kappa shape index (κ3) is 2.45. The Balaban J connectivity index is 1.90. The van der Waals surface area contributed by atoms with Crippen molar-refractivity contribution in [3.05, 3.63) is 40.0 Å². The topological polar surface area (TPSA) is 97.9 Å². The van der Waals surface area contributed by atoms with Gasteiger partial charge >= 0.3 is 0 Å². The van der Waals surface area contributed by atoms with Crippen molar-refractivity contribution < 1.29 is 13.2 Å². The summed E-state index contributed by atoms with van der Waals surface area (Å²) in [6.07, 6.45) is 3.92. The van der Waals surface area contributed by atoms with Gasteiger partial charge in [-0.15, -0.1) is 11.3 Å². The Bertz CT molecular complexity index is 1020. The lowest BCUT2D eigenvalue weighted by atomic mass is 9.97. The third-order valence-corrected chi connectivity index (χ3v) is 8.45.